The molecule has 0 bridgehead atoms. The van der Waals surface area contributed by atoms with Gasteiger partial charge in [0.1, 0.15) is 0 Å². The minimum Gasteiger partial charge on any atom is -0.481 e. The quantitative estimate of drug-likeness (QED) is 0.0273. The Labute approximate surface area is 812 Å². The first-order valence-electron chi connectivity index (χ1n) is 49.4. The van der Waals surface area contributed by atoms with E-state index >= 15 is 0 Å². The predicted molar refractivity (Wildman–Crippen MR) is 529 cm³/mol. The summed E-state index contributed by atoms with van der Waals surface area (Å²) in [5.41, 5.74) is 3.82. The number of aromatic carboxylic acids is 1. The minimum absolute atomic E-state index is 0.0551. The van der Waals surface area contributed by atoms with Crippen molar-refractivity contribution in [3.63, 3.8) is 0 Å². The molecule has 4 aromatic rings. The van der Waals surface area contributed by atoms with Crippen LogP contribution >= 0.6 is 0 Å². The predicted octanol–water partition coefficient (Wildman–Crippen LogP) is 18.1. The Morgan fingerprint density at radius 1 is 0.225 bits per heavy atom. The molecule has 744 valence electrons. The molecule has 4 aromatic carbocycles. The highest BCUT2D eigenvalue weighted by Gasteiger charge is 2.30. The van der Waals surface area contributed by atoms with E-state index in [1.807, 2.05) is 60.7 Å². The molecule has 0 saturated heterocycles. The Kier molecular flexibility index (Phi) is 57.5. The van der Waals surface area contributed by atoms with Gasteiger partial charge in [-0.3, -0.25) is 111 Å². The molecule has 138 heavy (non-hydrogen) atoms. The van der Waals surface area contributed by atoms with Crippen molar-refractivity contribution >= 4 is 118 Å². The monoisotopic (exact) mass is 1900 g/mol. The molecule has 0 radical (unpaired) electrons. The maximum atomic E-state index is 11.3. The fraction of sp³-hybridized carbons (Fsp3) is 0.468. The van der Waals surface area contributed by atoms with Gasteiger partial charge in [0, 0.05) is 136 Å². The molecule has 29 heteroatoms. The van der Waals surface area contributed by atoms with E-state index in [1.54, 1.807) is 24.3 Å². The summed E-state index contributed by atoms with van der Waals surface area (Å²) < 4.78 is 0. The zero-order valence-corrected chi connectivity index (χ0v) is 80.8. The average molecular weight is 1900 g/mol. The van der Waals surface area contributed by atoms with Crippen LogP contribution in [0.15, 0.2) is 206 Å². The molecule has 0 aromatic heterocycles. The van der Waals surface area contributed by atoms with E-state index in [0.717, 1.165) is 116 Å². The van der Waals surface area contributed by atoms with Gasteiger partial charge in [0.15, 0.2) is 0 Å². The van der Waals surface area contributed by atoms with Crippen LogP contribution in [0.3, 0.4) is 0 Å². The summed E-state index contributed by atoms with van der Waals surface area (Å²) in [4.78, 5) is 211. The molecule has 0 spiro atoms. The molecule has 0 atom stereocenters. The number of carbonyl (C=O) groups excluding carboxylic acids is 16. The molecule has 12 rings (SSSR count). The highest BCUT2D eigenvalue weighted by molar-refractivity contribution is 6.29. The van der Waals surface area contributed by atoms with Crippen LogP contribution in [-0.4, -0.2) is 184 Å². The lowest BCUT2D eigenvalue weighted by molar-refractivity contribution is -0.138. The van der Waals surface area contributed by atoms with E-state index in [9.17, 15) is 86.3 Å². The van der Waals surface area contributed by atoms with Gasteiger partial charge in [-0.15, -0.1) is 0 Å². The van der Waals surface area contributed by atoms with Crippen molar-refractivity contribution in [3.8, 4) is 0 Å². The van der Waals surface area contributed by atoms with Crippen molar-refractivity contribution < 1.29 is 102 Å². The van der Waals surface area contributed by atoms with E-state index < -0.39 is 23.8 Å². The fourth-order valence-corrected chi connectivity index (χ4v) is 15.4. The molecule has 0 aliphatic carbocycles. The number of hydrogen-bond acceptors (Lipinski definition) is 19. The number of amides is 16. The van der Waals surface area contributed by atoms with E-state index in [2.05, 4.69) is 20.8 Å². The summed E-state index contributed by atoms with van der Waals surface area (Å²) in [6.07, 6.45) is 69.3. The number of aliphatic carboxylic acids is 1. The Morgan fingerprint density at radius 3 is 0.688 bits per heavy atom. The van der Waals surface area contributed by atoms with Crippen molar-refractivity contribution in [2.24, 2.45) is 0 Å². The van der Waals surface area contributed by atoms with Crippen LogP contribution in [0.1, 0.15) is 305 Å². The van der Waals surface area contributed by atoms with Crippen LogP contribution in [-0.2, 0) is 101 Å². The molecule has 0 saturated carbocycles. The molecule has 8 aliphatic heterocycles. The second-order valence-electron chi connectivity index (χ2n) is 34.4. The average Bonchev–Trinajstić information content (AvgIpc) is 1.69. The minimum atomic E-state index is -1.05. The summed E-state index contributed by atoms with van der Waals surface area (Å²) in [6.45, 7) is 9.75. The van der Waals surface area contributed by atoms with Crippen LogP contribution in [0.5, 0.6) is 0 Å². The van der Waals surface area contributed by atoms with Crippen molar-refractivity contribution in [3.05, 3.63) is 229 Å². The Hall–Kier alpha value is -13.2. The van der Waals surface area contributed by atoms with Gasteiger partial charge in [-0.25, -0.2) is 14.6 Å². The number of carboxylic acids is 2. The van der Waals surface area contributed by atoms with Crippen molar-refractivity contribution in [2.45, 2.75) is 297 Å². The summed E-state index contributed by atoms with van der Waals surface area (Å²) in [5, 5.41) is 26.0. The molecule has 0 unspecified atom stereocenters. The highest BCUT2D eigenvalue weighted by atomic mass is 16.4. The lowest BCUT2D eigenvalue weighted by atomic mass is 10.1. The maximum absolute atomic E-state index is 11.3. The third kappa shape index (κ3) is 45.6. The SMILES string of the molecule is CCCCCCCCCCCCCN1C(=O)C=CC1=O.CCCCCCCCCCCCCN1C(=O)C=CC1=O.CCCCCCCCCCCN1C(=O)C=CC1=O.O=C(O)CCCCCCCCCCN1C(=O)C=CC1=O.O=C(O)c1ccc(N2C(=O)C=CC2=O)cc1.O=C1C=CC(=O)N1CCc1ccccc1.O=C1C=CC(=O)N1Cc1ccccc1.O=C1C=CC(=O)N1c1ccc(CO)cc1. The summed E-state index contributed by atoms with van der Waals surface area (Å²) >= 11 is 0. The normalized spacial score (nSPS) is 14.8. The number of aliphatic hydroxyl groups excluding tert-OH is 1. The van der Waals surface area contributed by atoms with Gasteiger partial charge < -0.3 is 15.3 Å². The van der Waals surface area contributed by atoms with Crippen LogP contribution in [0.4, 0.5) is 11.4 Å². The fourth-order valence-electron chi connectivity index (χ4n) is 15.4. The zero-order chi connectivity index (χ0) is 100. The lowest BCUT2D eigenvalue weighted by Gasteiger charge is -2.13. The van der Waals surface area contributed by atoms with Gasteiger partial charge in [0.25, 0.3) is 94.5 Å². The lowest BCUT2D eigenvalue weighted by Crippen LogP contribution is -2.31. The first kappa shape index (κ1) is 115. The topological polar surface area (TPSA) is 394 Å². The summed E-state index contributed by atoms with van der Waals surface area (Å²) in [6, 6.07) is 31.4. The van der Waals surface area contributed by atoms with Gasteiger partial charge >= 0.3 is 11.9 Å². The third-order valence-corrected chi connectivity index (χ3v) is 23.4. The molecule has 8 heterocycles. The summed E-state index contributed by atoms with van der Waals surface area (Å²) in [7, 11) is 0. The molecule has 8 aliphatic rings. The number of benzene rings is 4. The molecule has 3 N–H and O–H groups in total. The van der Waals surface area contributed by atoms with E-state index in [-0.39, 0.29) is 101 Å². The van der Waals surface area contributed by atoms with Crippen LogP contribution in [0, 0.1) is 0 Å². The largest absolute Gasteiger partial charge is 0.481 e. The van der Waals surface area contributed by atoms with Crippen molar-refractivity contribution in [1.29, 1.82) is 0 Å². The number of carboxylic acid groups (broad SMARTS) is 2. The molecule has 29 nitrogen and oxygen atoms in total. The van der Waals surface area contributed by atoms with Gasteiger partial charge in [-0.1, -0.05) is 312 Å². The smallest absolute Gasteiger partial charge is 0.335 e. The van der Waals surface area contributed by atoms with Crippen LogP contribution in [0.25, 0.3) is 0 Å². The van der Waals surface area contributed by atoms with E-state index in [0.29, 0.717) is 57.1 Å². The third-order valence-electron chi connectivity index (χ3n) is 23.4. The highest BCUT2D eigenvalue weighted by Crippen LogP contribution is 2.24. The first-order chi connectivity index (χ1) is 66.7. The number of unbranched alkanes of at least 4 members (excludes halogenated alkanes) is 35. The molecular formula is C109H142N8O21. The number of anilines is 2. The molecular weight excluding hydrogens is 1760 g/mol. The van der Waals surface area contributed by atoms with Gasteiger partial charge in [0.05, 0.1) is 30.1 Å². The number of nitrogens with zero attached hydrogens (tertiary/aromatic N) is 8. The first-order valence-corrected chi connectivity index (χ1v) is 49.4. The number of aliphatic hydroxyl groups is 1. The maximum Gasteiger partial charge on any atom is 0.335 e. The van der Waals surface area contributed by atoms with E-state index in [1.165, 1.54) is 311 Å². The zero-order valence-electron chi connectivity index (χ0n) is 80.8. The summed E-state index contributed by atoms with van der Waals surface area (Å²) in [5.74, 6) is -5.50. The van der Waals surface area contributed by atoms with Crippen LogP contribution < -0.4 is 9.80 Å². The Bertz CT molecular complexity index is 4650. The number of rotatable bonds is 54. The number of imide groups is 8. The Morgan fingerprint density at radius 2 is 0.442 bits per heavy atom. The molecule has 0 fully saturated rings. The second kappa shape index (κ2) is 68.8. The molecule has 16 amide bonds. The van der Waals surface area contributed by atoms with Crippen LogP contribution in [0.2, 0.25) is 0 Å². The number of carbonyl (C=O) groups is 18. The Balaban J connectivity index is 0.000000279. The van der Waals surface area contributed by atoms with Crippen molar-refractivity contribution in [2.75, 3.05) is 42.5 Å². The van der Waals surface area contributed by atoms with Gasteiger partial charge in [0.2, 0.25) is 0 Å². The van der Waals surface area contributed by atoms with Gasteiger partial charge in [-0.2, -0.15) is 0 Å². The van der Waals surface area contributed by atoms with Crippen molar-refractivity contribution in [1.82, 2.24) is 29.4 Å². The van der Waals surface area contributed by atoms with E-state index in [4.69, 9.17) is 15.3 Å². The standard InChI is InChI=1S/2C17H29NO2.C15H23NO4.C15H25NO2.C12H11NO2.C11H7NO4.C11H9NO3.C11H9NO2/c2*1-2-3-4-5-6-7-8-9-10-11-12-15-18-16(19)13-14-17(18)20;17-13-10-11-14(18)16(13)12-8-6-4-2-1-3-5-7-9-15(19)20;1-2-3-4-5-6-7-8-9-10-13-16-14(17)11-12-15(16)18;14-11-6-7-12(15)13(11)9-8-10-4-2-1-3-5-10;13-9-5-6-10(14)12(9)8-3-1-7(2-4-8)11(15)16;13-7-8-1-3-9(4-2-8)12-10(14)5-6-11(12)15;13-10-6-7-11(14)12(10)8-9-4-2-1-3-5-9/h2*13-14H,2-12,15H2,1H3;10-11H,1-9,12H2,(H,19,20);11-12H,2-10,13H2,1H3;1-7H,8-9H2;1-6H,(H,15,16);1-6,13H,7H2;1-7H,8H2. The van der Waals surface area contributed by atoms with Gasteiger partial charge in [-0.05, 0) is 91.6 Å². The number of hydrogen-bond donors (Lipinski definition) is 3. The second-order valence-corrected chi connectivity index (χ2v) is 34.4.